The zero-order valence-corrected chi connectivity index (χ0v) is 16.4. The van der Waals surface area contributed by atoms with Gasteiger partial charge in [-0.3, -0.25) is 9.69 Å². The number of aromatic nitrogens is 5. The first-order valence-electron chi connectivity index (χ1n) is 9.75. The summed E-state index contributed by atoms with van der Waals surface area (Å²) in [4.78, 5) is 21.3. The van der Waals surface area contributed by atoms with E-state index in [0.29, 0.717) is 32.6 Å². The molecule has 28 heavy (non-hydrogen) atoms. The number of fused-ring (bicyclic) bond motifs is 1. The van der Waals surface area contributed by atoms with Crippen molar-refractivity contribution in [2.24, 2.45) is 11.3 Å². The van der Waals surface area contributed by atoms with E-state index in [1.165, 1.54) is 6.33 Å². The van der Waals surface area contributed by atoms with Gasteiger partial charge in [-0.2, -0.15) is 0 Å². The van der Waals surface area contributed by atoms with Gasteiger partial charge in [0.05, 0.1) is 18.8 Å². The van der Waals surface area contributed by atoms with Crippen LogP contribution in [0.15, 0.2) is 17.0 Å². The lowest BCUT2D eigenvalue weighted by molar-refractivity contribution is -0.131. The van der Waals surface area contributed by atoms with Gasteiger partial charge in [0.2, 0.25) is 5.91 Å². The fourth-order valence-corrected chi connectivity index (χ4v) is 4.37. The van der Waals surface area contributed by atoms with Gasteiger partial charge < -0.3 is 14.4 Å². The first-order valence-corrected chi connectivity index (χ1v) is 9.75. The predicted molar refractivity (Wildman–Crippen MR) is 97.9 cm³/mol. The van der Waals surface area contributed by atoms with Gasteiger partial charge in [0.25, 0.3) is 0 Å². The molecule has 4 heterocycles. The van der Waals surface area contributed by atoms with Crippen molar-refractivity contribution in [2.45, 2.75) is 39.3 Å². The highest BCUT2D eigenvalue weighted by Gasteiger charge is 2.52. The second-order valence-corrected chi connectivity index (χ2v) is 8.32. The van der Waals surface area contributed by atoms with Crippen LogP contribution in [0.2, 0.25) is 0 Å². The lowest BCUT2D eigenvalue weighted by atomic mass is 9.82. The molecule has 1 amide bonds. The Hall–Kier alpha value is -2.33. The number of carbonyl (C=O) groups is 1. The number of rotatable bonds is 7. The molecule has 4 rings (SSSR count). The Morgan fingerprint density at radius 2 is 2.25 bits per heavy atom. The van der Waals surface area contributed by atoms with Gasteiger partial charge in [-0.1, -0.05) is 13.8 Å². The Morgan fingerprint density at radius 3 is 2.89 bits per heavy atom. The van der Waals surface area contributed by atoms with E-state index in [1.54, 1.807) is 10.9 Å². The number of likely N-dealkylation sites (tertiary alicyclic amines) is 2. The lowest BCUT2D eigenvalue weighted by Gasteiger charge is -2.27. The summed E-state index contributed by atoms with van der Waals surface area (Å²) in [6, 6.07) is 0. The Labute approximate surface area is 163 Å². The molecule has 0 radical (unpaired) electrons. The van der Waals surface area contributed by atoms with Gasteiger partial charge in [-0.25, -0.2) is 9.67 Å². The molecule has 152 valence electrons. The molecule has 10 heteroatoms. The van der Waals surface area contributed by atoms with Crippen molar-refractivity contribution in [3.63, 3.8) is 0 Å². The van der Waals surface area contributed by atoms with Gasteiger partial charge in [-0.15, -0.1) is 5.10 Å². The number of oxazole rings is 1. The third-order valence-electron chi connectivity index (χ3n) is 5.89. The van der Waals surface area contributed by atoms with Crippen LogP contribution in [0.5, 0.6) is 0 Å². The van der Waals surface area contributed by atoms with Crippen LogP contribution >= 0.6 is 0 Å². The van der Waals surface area contributed by atoms with Gasteiger partial charge in [0, 0.05) is 50.5 Å². The van der Waals surface area contributed by atoms with Crippen LogP contribution < -0.4 is 0 Å². The SMILES string of the molecule is CC(C)c1nc(CN2CC3CN(C(=O)CCn4cnnn4)CC3(CO)C2)co1. The van der Waals surface area contributed by atoms with Gasteiger partial charge in [0.1, 0.15) is 12.6 Å². The van der Waals surface area contributed by atoms with E-state index in [9.17, 15) is 9.90 Å². The quantitative estimate of drug-likeness (QED) is 0.711. The number of carbonyl (C=O) groups excluding carboxylic acids is 1. The van der Waals surface area contributed by atoms with E-state index < -0.39 is 0 Å². The summed E-state index contributed by atoms with van der Waals surface area (Å²) >= 11 is 0. The van der Waals surface area contributed by atoms with Crippen molar-refractivity contribution in [2.75, 3.05) is 32.8 Å². The molecule has 2 aromatic heterocycles. The smallest absolute Gasteiger partial charge is 0.224 e. The summed E-state index contributed by atoms with van der Waals surface area (Å²) in [6.45, 7) is 8.26. The van der Waals surface area contributed by atoms with Crippen molar-refractivity contribution < 1.29 is 14.3 Å². The number of aliphatic hydroxyl groups excluding tert-OH is 1. The Kier molecular flexibility index (Phi) is 5.15. The van der Waals surface area contributed by atoms with Crippen molar-refractivity contribution in [1.29, 1.82) is 0 Å². The summed E-state index contributed by atoms with van der Waals surface area (Å²) in [5.41, 5.74) is 0.667. The maximum atomic E-state index is 12.6. The molecular weight excluding hydrogens is 362 g/mol. The molecule has 10 nitrogen and oxygen atoms in total. The van der Waals surface area contributed by atoms with Crippen molar-refractivity contribution in [3.8, 4) is 0 Å². The first kappa shape index (κ1) is 19.0. The number of hydrogen-bond acceptors (Lipinski definition) is 8. The van der Waals surface area contributed by atoms with Gasteiger partial charge >= 0.3 is 0 Å². The van der Waals surface area contributed by atoms with Crippen molar-refractivity contribution >= 4 is 5.91 Å². The van der Waals surface area contributed by atoms with Crippen molar-refractivity contribution in [1.82, 2.24) is 35.0 Å². The third-order valence-corrected chi connectivity index (χ3v) is 5.89. The Bertz CT molecular complexity index is 806. The second kappa shape index (κ2) is 7.59. The van der Waals surface area contributed by atoms with Gasteiger partial charge in [-0.05, 0) is 16.3 Å². The largest absolute Gasteiger partial charge is 0.448 e. The molecular formula is C18H27N7O3. The zero-order valence-electron chi connectivity index (χ0n) is 16.4. The number of aryl methyl sites for hydroxylation is 1. The third kappa shape index (κ3) is 3.66. The molecule has 2 aliphatic rings. The molecule has 2 aliphatic heterocycles. The highest BCUT2D eigenvalue weighted by atomic mass is 16.3. The predicted octanol–water partition coefficient (Wildman–Crippen LogP) is 0.128. The molecule has 1 N–H and O–H groups in total. The minimum absolute atomic E-state index is 0.0843. The van der Waals surface area contributed by atoms with Crippen LogP contribution in [0.1, 0.15) is 37.8 Å². The molecule has 0 aromatic carbocycles. The van der Waals surface area contributed by atoms with Crippen molar-refractivity contribution in [3.05, 3.63) is 24.2 Å². The Morgan fingerprint density at radius 1 is 1.39 bits per heavy atom. The number of hydrogen-bond donors (Lipinski definition) is 1. The molecule has 0 spiro atoms. The van der Waals surface area contributed by atoms with Crippen LogP contribution in [0.3, 0.4) is 0 Å². The van der Waals surface area contributed by atoms with E-state index in [4.69, 9.17) is 4.42 Å². The zero-order chi connectivity index (χ0) is 19.7. The van der Waals surface area contributed by atoms with E-state index >= 15 is 0 Å². The molecule has 0 aliphatic carbocycles. The summed E-state index contributed by atoms with van der Waals surface area (Å²) < 4.78 is 7.09. The molecule has 2 atom stereocenters. The fraction of sp³-hybridized carbons (Fsp3) is 0.722. The van der Waals surface area contributed by atoms with E-state index in [1.807, 2.05) is 4.90 Å². The molecule has 2 unspecified atom stereocenters. The van der Waals surface area contributed by atoms with Crippen LogP contribution in [-0.2, 0) is 17.9 Å². The molecule has 0 saturated carbocycles. The van der Waals surface area contributed by atoms with E-state index in [0.717, 1.165) is 24.7 Å². The van der Waals surface area contributed by atoms with E-state index in [2.05, 4.69) is 39.3 Å². The number of amides is 1. The highest BCUT2D eigenvalue weighted by molar-refractivity contribution is 5.76. The average Bonchev–Trinajstić information content (AvgIpc) is 3.43. The number of tetrazole rings is 1. The monoisotopic (exact) mass is 389 g/mol. The molecule has 0 bridgehead atoms. The van der Waals surface area contributed by atoms with Crippen LogP contribution in [0.25, 0.3) is 0 Å². The lowest BCUT2D eigenvalue weighted by Crippen LogP contribution is -2.39. The standard InChI is InChI=1S/C18H27N7O3/c1-13(2)17-20-15(8-28-17)7-23-5-14-6-24(10-18(14,9-23)11-26)16(27)3-4-25-12-19-21-22-25/h8,12-14,26H,3-7,9-11H2,1-2H3. The normalized spacial score (nSPS) is 25.0. The summed E-state index contributed by atoms with van der Waals surface area (Å²) in [5.74, 6) is 1.38. The highest BCUT2D eigenvalue weighted by Crippen LogP contribution is 2.42. The Balaban J connectivity index is 1.34. The average molecular weight is 389 g/mol. The van der Waals surface area contributed by atoms with E-state index in [-0.39, 0.29) is 29.8 Å². The maximum Gasteiger partial charge on any atom is 0.224 e. The summed E-state index contributed by atoms with van der Waals surface area (Å²) in [6.07, 6.45) is 3.59. The second-order valence-electron chi connectivity index (χ2n) is 8.32. The molecule has 2 saturated heterocycles. The minimum Gasteiger partial charge on any atom is -0.448 e. The first-order chi connectivity index (χ1) is 13.5. The molecule has 2 aromatic rings. The minimum atomic E-state index is -0.255. The van der Waals surface area contributed by atoms with Gasteiger partial charge in [0.15, 0.2) is 5.89 Å². The van der Waals surface area contributed by atoms with Crippen LogP contribution in [-0.4, -0.2) is 78.8 Å². The van der Waals surface area contributed by atoms with Crippen LogP contribution in [0, 0.1) is 11.3 Å². The number of nitrogens with zero attached hydrogens (tertiary/aromatic N) is 7. The fourth-order valence-electron chi connectivity index (χ4n) is 4.37. The molecule has 2 fully saturated rings. The number of aliphatic hydroxyl groups is 1. The summed E-state index contributed by atoms with van der Waals surface area (Å²) in [5, 5.41) is 21.1. The topological polar surface area (TPSA) is 113 Å². The van der Waals surface area contributed by atoms with Crippen LogP contribution in [0.4, 0.5) is 0 Å². The summed E-state index contributed by atoms with van der Waals surface area (Å²) in [7, 11) is 0. The maximum absolute atomic E-state index is 12.6.